The lowest BCUT2D eigenvalue weighted by atomic mass is 9.93. The van der Waals surface area contributed by atoms with Gasteiger partial charge in [-0.1, -0.05) is 0 Å². The fourth-order valence-electron chi connectivity index (χ4n) is 6.64. The number of hydrogen-bond acceptors (Lipinski definition) is 8. The van der Waals surface area contributed by atoms with Gasteiger partial charge in [0, 0.05) is 72.9 Å². The number of likely N-dealkylation sites (tertiary alicyclic amines) is 2. The summed E-state index contributed by atoms with van der Waals surface area (Å²) in [6.07, 6.45) is 3.58. The van der Waals surface area contributed by atoms with Gasteiger partial charge in [0.05, 0.1) is 23.4 Å². The second-order valence-corrected chi connectivity index (χ2v) is 13.7. The Morgan fingerprint density at radius 1 is 1.14 bits per heavy atom. The lowest BCUT2D eigenvalue weighted by Crippen LogP contribution is -2.48. The smallest absolute Gasteiger partial charge is 0.410 e. The second-order valence-electron chi connectivity index (χ2n) is 12.6. The number of thiophene rings is 1. The first-order valence-electron chi connectivity index (χ1n) is 14.8. The molecule has 3 aliphatic heterocycles. The molecule has 0 aliphatic carbocycles. The number of amides is 1. The highest BCUT2D eigenvalue weighted by Crippen LogP contribution is 2.38. The normalized spacial score (nSPS) is 21.8. The molecule has 0 bridgehead atoms. The van der Waals surface area contributed by atoms with Gasteiger partial charge in [-0.25, -0.2) is 19.2 Å². The summed E-state index contributed by atoms with van der Waals surface area (Å²) in [5.74, 6) is 1.56. The van der Waals surface area contributed by atoms with Gasteiger partial charge < -0.3 is 24.3 Å². The number of piperidine rings is 1. The minimum Gasteiger partial charge on any atom is -0.444 e. The first-order chi connectivity index (χ1) is 20.2. The quantitative estimate of drug-likeness (QED) is 0.328. The molecule has 2 atom stereocenters. The van der Waals surface area contributed by atoms with Crippen LogP contribution >= 0.6 is 11.3 Å². The lowest BCUT2D eigenvalue weighted by molar-refractivity contribution is 0.0139. The van der Waals surface area contributed by atoms with Crippen molar-refractivity contribution >= 4 is 44.4 Å². The Morgan fingerprint density at radius 3 is 2.79 bits per heavy atom. The summed E-state index contributed by atoms with van der Waals surface area (Å²) in [6.45, 7) is 12.0. The first-order valence-corrected chi connectivity index (χ1v) is 15.7. The van der Waals surface area contributed by atoms with Gasteiger partial charge in [0.25, 0.3) is 0 Å². The summed E-state index contributed by atoms with van der Waals surface area (Å²) in [6, 6.07) is 7.40. The maximum Gasteiger partial charge on any atom is 0.410 e. The molecule has 3 aliphatic rings. The van der Waals surface area contributed by atoms with Crippen molar-refractivity contribution in [3.63, 3.8) is 0 Å². The maximum absolute atomic E-state index is 14.6. The average molecular weight is 593 g/mol. The number of nitrogens with zero attached hydrogens (tertiary/aromatic N) is 5. The summed E-state index contributed by atoms with van der Waals surface area (Å²) >= 11 is 1.75. The van der Waals surface area contributed by atoms with E-state index < -0.39 is 5.60 Å². The number of halogens is 1. The van der Waals surface area contributed by atoms with Crippen molar-refractivity contribution in [2.75, 3.05) is 50.8 Å². The number of rotatable bonds is 4. The molecule has 7 rings (SSSR count). The van der Waals surface area contributed by atoms with E-state index in [0.29, 0.717) is 30.5 Å². The van der Waals surface area contributed by atoms with Crippen LogP contribution in [0.15, 0.2) is 30.5 Å². The van der Waals surface area contributed by atoms with E-state index in [2.05, 4.69) is 20.9 Å². The minimum atomic E-state index is -0.484. The number of nitrogens with one attached hydrogen (secondary N) is 1. The van der Waals surface area contributed by atoms with Crippen molar-refractivity contribution in [1.29, 1.82) is 0 Å². The molecule has 1 aromatic carbocycles. The third kappa shape index (κ3) is 5.33. The number of morpholine rings is 1. The largest absolute Gasteiger partial charge is 0.444 e. The predicted octanol–water partition coefficient (Wildman–Crippen LogP) is 5.65. The molecule has 3 fully saturated rings. The number of benzene rings is 1. The summed E-state index contributed by atoms with van der Waals surface area (Å²) in [5.41, 5.74) is 1.82. The van der Waals surface area contributed by atoms with Crippen molar-refractivity contribution in [2.24, 2.45) is 5.92 Å². The minimum absolute atomic E-state index is 0.187. The van der Waals surface area contributed by atoms with E-state index >= 15 is 0 Å². The zero-order valence-corrected chi connectivity index (χ0v) is 25.2. The molecule has 42 heavy (non-hydrogen) atoms. The van der Waals surface area contributed by atoms with Gasteiger partial charge in [0.15, 0.2) is 11.6 Å². The third-order valence-corrected chi connectivity index (χ3v) is 9.62. The molecule has 3 saturated heterocycles. The van der Waals surface area contributed by atoms with E-state index in [4.69, 9.17) is 19.4 Å². The number of aromatic amines is 1. The zero-order valence-electron chi connectivity index (χ0n) is 24.4. The Morgan fingerprint density at radius 2 is 1.98 bits per heavy atom. The number of ether oxygens (including phenoxy) is 2. The Bertz CT molecular complexity index is 1620. The number of anilines is 1. The molecule has 0 saturated carbocycles. The zero-order chi connectivity index (χ0) is 29.0. The monoisotopic (exact) mass is 592 g/mol. The van der Waals surface area contributed by atoms with Crippen molar-refractivity contribution in [3.05, 3.63) is 41.2 Å². The van der Waals surface area contributed by atoms with Gasteiger partial charge in [-0.05, 0) is 63.8 Å². The van der Waals surface area contributed by atoms with Gasteiger partial charge in [-0.3, -0.25) is 4.90 Å². The van der Waals surface area contributed by atoms with E-state index in [9.17, 15) is 9.18 Å². The van der Waals surface area contributed by atoms with Crippen LogP contribution in [0, 0.1) is 11.7 Å². The molecule has 9 nitrogen and oxygen atoms in total. The fourth-order valence-corrected chi connectivity index (χ4v) is 7.80. The summed E-state index contributed by atoms with van der Waals surface area (Å²) in [5, 5.41) is 0.902. The average Bonchev–Trinajstić information content (AvgIpc) is 3.69. The number of fused-ring (bicyclic) bond motifs is 3. The molecule has 0 spiro atoms. The maximum atomic E-state index is 14.6. The molecule has 2 unspecified atom stereocenters. The molecule has 4 aromatic rings. The number of carbonyl (C=O) groups is 1. The van der Waals surface area contributed by atoms with E-state index in [1.54, 1.807) is 11.3 Å². The van der Waals surface area contributed by atoms with Crippen LogP contribution in [0.2, 0.25) is 0 Å². The van der Waals surface area contributed by atoms with Crippen molar-refractivity contribution in [3.8, 4) is 11.4 Å². The Kier molecular flexibility index (Phi) is 7.06. The van der Waals surface area contributed by atoms with Gasteiger partial charge in [0.1, 0.15) is 11.4 Å². The van der Waals surface area contributed by atoms with Gasteiger partial charge in [-0.15, -0.1) is 11.3 Å². The molecular formula is C31H37FN6O3S. The van der Waals surface area contributed by atoms with Crippen LogP contribution in [0.1, 0.15) is 38.5 Å². The predicted molar refractivity (Wildman–Crippen MR) is 162 cm³/mol. The summed E-state index contributed by atoms with van der Waals surface area (Å²) in [7, 11) is 0. The van der Waals surface area contributed by atoms with Gasteiger partial charge in [0.2, 0.25) is 0 Å². The molecule has 1 amide bonds. The summed E-state index contributed by atoms with van der Waals surface area (Å²) < 4.78 is 27.0. The molecule has 11 heteroatoms. The van der Waals surface area contributed by atoms with Gasteiger partial charge >= 0.3 is 6.09 Å². The van der Waals surface area contributed by atoms with E-state index in [0.717, 1.165) is 79.0 Å². The first kappa shape index (κ1) is 27.5. The van der Waals surface area contributed by atoms with Crippen molar-refractivity contribution in [2.45, 2.75) is 51.8 Å². The van der Waals surface area contributed by atoms with E-state index in [1.807, 2.05) is 37.9 Å². The molecule has 0 radical (unpaired) electrons. The number of hydrogen-bond donors (Lipinski definition) is 1. The van der Waals surface area contributed by atoms with Crippen LogP contribution < -0.4 is 4.90 Å². The van der Waals surface area contributed by atoms with Crippen LogP contribution in [0.3, 0.4) is 0 Å². The second kappa shape index (κ2) is 10.8. The van der Waals surface area contributed by atoms with Crippen LogP contribution in [0.4, 0.5) is 15.0 Å². The highest BCUT2D eigenvalue weighted by atomic mass is 32.1. The Labute approximate surface area is 248 Å². The Hall–Kier alpha value is -3.28. The molecule has 1 N–H and O–H groups in total. The highest BCUT2D eigenvalue weighted by Gasteiger charge is 2.42. The standard InChI is InChI=1S/C31H37FN6O3S/c1-31(2,3)41-30(39)38-9-5-19-17-36(8-6-26(19)38)18-21-16-25-27(42-21)29(37-10-12-40-13-11-37)35-28(34-25)23-14-20(32)15-24-22(23)4-7-33-24/h4,7,14-16,19,26,33H,5-6,8-13,17-18H2,1-3H3. The summed E-state index contributed by atoms with van der Waals surface area (Å²) in [4.78, 5) is 33.9. The van der Waals surface area contributed by atoms with Gasteiger partial charge in [-0.2, -0.15) is 0 Å². The molecule has 6 heterocycles. The van der Waals surface area contributed by atoms with Crippen molar-refractivity contribution < 1.29 is 18.7 Å². The van der Waals surface area contributed by atoms with Crippen LogP contribution in [-0.2, 0) is 16.0 Å². The van der Waals surface area contributed by atoms with Crippen LogP contribution in [0.5, 0.6) is 0 Å². The number of aromatic nitrogens is 3. The molecule has 3 aromatic heterocycles. The molecular weight excluding hydrogens is 555 g/mol. The molecule has 222 valence electrons. The third-order valence-electron chi connectivity index (χ3n) is 8.52. The number of H-pyrrole nitrogens is 1. The lowest BCUT2D eigenvalue weighted by Gasteiger charge is -2.38. The number of carbonyl (C=O) groups excluding carboxylic acids is 1. The van der Waals surface area contributed by atoms with Crippen molar-refractivity contribution in [1.82, 2.24) is 24.8 Å². The van der Waals surface area contributed by atoms with E-state index in [1.165, 1.54) is 17.0 Å². The fraction of sp³-hybridized carbons (Fsp3) is 0.516. The van der Waals surface area contributed by atoms with Crippen LogP contribution in [-0.4, -0.2) is 88.4 Å². The SMILES string of the molecule is CC(C)(C)OC(=O)N1CCC2CN(Cc3cc4nc(-c5cc(F)cc6[nH]ccc56)nc(N5CCOCC5)c4s3)CCC21. The van der Waals surface area contributed by atoms with Crippen LogP contribution in [0.25, 0.3) is 32.5 Å². The topological polar surface area (TPSA) is 86.8 Å². The van der Waals surface area contributed by atoms with E-state index in [-0.39, 0.29) is 18.0 Å². The Balaban J connectivity index is 1.16. The highest BCUT2D eigenvalue weighted by molar-refractivity contribution is 7.19.